The van der Waals surface area contributed by atoms with Crippen LogP contribution >= 0.6 is 0 Å². The maximum Gasteiger partial charge on any atom is 0.416 e. The number of aliphatic hydroxyl groups is 2. The van der Waals surface area contributed by atoms with E-state index in [0.717, 1.165) is 18.7 Å². The summed E-state index contributed by atoms with van der Waals surface area (Å²) in [6, 6.07) is 2.54. The number of rotatable bonds is 7. The zero-order valence-corrected chi connectivity index (χ0v) is 46.8. The van der Waals surface area contributed by atoms with Crippen LogP contribution in [-0.2, 0) is 30.0 Å². The summed E-state index contributed by atoms with van der Waals surface area (Å²) in [5, 5.41) is 52.1. The van der Waals surface area contributed by atoms with E-state index in [-0.39, 0.29) is 86.6 Å². The number of nitrogens with one attached hydrogen (secondary N) is 1. The molecule has 0 saturated carbocycles. The van der Waals surface area contributed by atoms with Crippen LogP contribution in [0.15, 0.2) is 64.3 Å². The topological polar surface area (TPSA) is 275 Å². The Morgan fingerprint density at radius 1 is 0.963 bits per heavy atom. The molecule has 0 radical (unpaired) electrons. The predicted molar refractivity (Wildman–Crippen MR) is 293 cm³/mol. The molecule has 19 nitrogen and oxygen atoms in total. The van der Waals surface area contributed by atoms with E-state index in [1.54, 1.807) is 52.8 Å². The number of nitrogen functional groups attached to an aromatic ring is 1. The van der Waals surface area contributed by atoms with Crippen LogP contribution in [0.1, 0.15) is 115 Å². The molecule has 2 saturated heterocycles. The van der Waals surface area contributed by atoms with Gasteiger partial charge in [-0.25, -0.2) is 5.84 Å². The third-order valence-electron chi connectivity index (χ3n) is 16.6. The Morgan fingerprint density at radius 3 is 2.26 bits per heavy atom. The van der Waals surface area contributed by atoms with Crippen molar-refractivity contribution < 1.29 is 67.0 Å². The number of esters is 1. The van der Waals surface area contributed by atoms with Gasteiger partial charge in [0.2, 0.25) is 5.91 Å². The number of hydrazine groups is 1. The van der Waals surface area contributed by atoms with Crippen LogP contribution in [0.2, 0.25) is 0 Å². The quantitative estimate of drug-likeness (QED) is 0.0334. The Morgan fingerprint density at radius 2 is 1.62 bits per heavy atom. The second kappa shape index (κ2) is 23.0. The number of hydrogen-bond acceptors (Lipinski definition) is 17. The second-order valence-electron chi connectivity index (χ2n) is 23.0. The van der Waals surface area contributed by atoms with Gasteiger partial charge < -0.3 is 60.5 Å². The number of amides is 2. The van der Waals surface area contributed by atoms with Gasteiger partial charge in [0.05, 0.1) is 51.7 Å². The highest BCUT2D eigenvalue weighted by Crippen LogP contribution is 2.50. The van der Waals surface area contributed by atoms with E-state index in [0.29, 0.717) is 44.7 Å². The normalized spacial score (nSPS) is 28.3. The number of nitrogens with two attached hydrogens (primary N) is 2. The van der Waals surface area contributed by atoms with Crippen LogP contribution in [0.25, 0.3) is 10.8 Å². The maximum atomic E-state index is 14.9. The van der Waals surface area contributed by atoms with Gasteiger partial charge in [-0.05, 0) is 69.2 Å². The fourth-order valence-electron chi connectivity index (χ4n) is 11.7. The molecule has 5 bridgehead atoms. The average Bonchev–Trinajstić information content (AvgIpc) is 4.07. The summed E-state index contributed by atoms with van der Waals surface area (Å²) >= 11 is 0. The fourth-order valence-corrected chi connectivity index (χ4v) is 11.7. The third kappa shape index (κ3) is 11.7. The van der Waals surface area contributed by atoms with Crippen LogP contribution < -0.4 is 37.4 Å². The van der Waals surface area contributed by atoms with Crippen molar-refractivity contribution in [2.75, 3.05) is 48.8 Å². The van der Waals surface area contributed by atoms with Gasteiger partial charge in [0, 0.05) is 92.8 Å². The number of Topliss-reactive ketones (excluding diaryl/α,β-unsaturated/α-hetero) is 1. The number of carbonyl (C=O) groups is 4. The number of piperidine rings is 2. The molecule has 3 aromatic rings. The van der Waals surface area contributed by atoms with Crippen molar-refractivity contribution in [3.63, 3.8) is 0 Å². The number of fused-ring (bicyclic) bond motifs is 13. The van der Waals surface area contributed by atoms with Gasteiger partial charge >= 0.3 is 17.9 Å². The summed E-state index contributed by atoms with van der Waals surface area (Å²) in [7, 11) is 0. The van der Waals surface area contributed by atoms with E-state index < -0.39 is 107 Å². The largest absolute Gasteiger partial charge is 0.507 e. The van der Waals surface area contributed by atoms with Crippen LogP contribution in [-0.4, -0.2) is 122 Å². The number of allylic oxidation sites excluding steroid dienone is 3. The Hall–Kier alpha value is -6.75. The lowest BCUT2D eigenvalue weighted by molar-refractivity contribution is -0.162. The molecule has 80 heavy (non-hydrogen) atoms. The summed E-state index contributed by atoms with van der Waals surface area (Å²) in [6.45, 7) is 18.2. The maximum absolute atomic E-state index is 14.9. The van der Waals surface area contributed by atoms with Gasteiger partial charge in [0.1, 0.15) is 35.1 Å². The molecule has 6 heterocycles. The Labute approximate surface area is 462 Å². The number of phenolic OH excluding ortho intramolecular Hbond substituents is 2. The molecular formula is C58H75F3N8O11. The number of aliphatic hydroxyl groups excluding tert-OH is 2. The first-order valence-corrected chi connectivity index (χ1v) is 27.4. The molecule has 3 unspecified atom stereocenters. The molecule has 22 heteroatoms. The highest BCUT2D eigenvalue weighted by molar-refractivity contribution is 6.19. The number of carbonyl (C=O) groups excluding carboxylic acids is 4. The van der Waals surface area contributed by atoms with Crippen molar-refractivity contribution >= 4 is 51.4 Å². The van der Waals surface area contributed by atoms with Gasteiger partial charge in [-0.15, -0.1) is 0 Å². The molecule has 3 aromatic carbocycles. The number of likely N-dealkylation sites (tertiary alicyclic amines) is 2. The van der Waals surface area contributed by atoms with Crippen molar-refractivity contribution in [3.05, 3.63) is 81.7 Å². The van der Waals surface area contributed by atoms with E-state index >= 15 is 0 Å². The molecule has 6 aliphatic heterocycles. The zero-order chi connectivity index (χ0) is 58.5. The van der Waals surface area contributed by atoms with Gasteiger partial charge in [0.15, 0.2) is 11.4 Å². The fraction of sp³-hybridized carbons (Fsp3) is 0.552. The Balaban J connectivity index is 1.07. The number of alkyl halides is 3. The van der Waals surface area contributed by atoms with Crippen molar-refractivity contribution in [1.29, 1.82) is 0 Å². The van der Waals surface area contributed by atoms with E-state index in [9.17, 15) is 52.8 Å². The van der Waals surface area contributed by atoms with Crippen molar-refractivity contribution in [3.8, 4) is 17.2 Å². The molecular weight excluding hydrogens is 1040 g/mol. The summed E-state index contributed by atoms with van der Waals surface area (Å²) in [6.07, 6.45) is 0.773. The van der Waals surface area contributed by atoms with E-state index in [1.165, 1.54) is 42.2 Å². The minimum Gasteiger partial charge on any atom is -0.507 e. The van der Waals surface area contributed by atoms with Crippen LogP contribution in [0.5, 0.6) is 17.2 Å². The van der Waals surface area contributed by atoms with Crippen molar-refractivity contribution in [2.45, 2.75) is 143 Å². The highest BCUT2D eigenvalue weighted by atomic mass is 19.4. The summed E-state index contributed by atoms with van der Waals surface area (Å²) in [5.41, 5.74) is 4.33. The number of nitrogens with zero attached hydrogens (tertiary/aromatic N) is 5. The molecule has 2 amide bonds. The average molecular weight is 1120 g/mol. The Bertz CT molecular complexity index is 3150. The number of aromatic hydroxyl groups is 2. The van der Waals surface area contributed by atoms with Gasteiger partial charge in [-0.3, -0.25) is 29.2 Å². The molecule has 6 aliphatic rings. The lowest BCUT2D eigenvalue weighted by Crippen LogP contribution is -2.50. The standard InChI is InChI=1S/C58H75F3N8O11/c1-29(2)28-67-23-19-57(20-24-67)65-45-42-43-50(74)35(8)53-44(42)54(76)56(9,80-53)78-25-11-14-31(4)52(34(7)49(73)33(6)48(72)30(3)12-10-13-32(5)55(77)64-47(51(43)75)46(45)66-57)79-41(71)27-40(70)68-21-17-37(18-22-68)69(63)39-16-15-36(26-38(39)62)58(59,60)61/h10-13,15-16,25-26,29-31,33-34,37,48-49,52,72-75H,14,17-24,27-28,62-63H2,1-9H3,(H,64,77)/b12-10+,25-11+,32-13-/t30-,31+,33+,34+,48-,49?,52?,56?/m0/s1. The summed E-state index contributed by atoms with van der Waals surface area (Å²) in [5.74, 6) is -1.62. The number of halogens is 3. The first-order chi connectivity index (χ1) is 37.6. The first-order valence-electron chi connectivity index (χ1n) is 27.4. The molecule has 434 valence electrons. The number of hydrogen-bond donors (Lipinski definition) is 7. The summed E-state index contributed by atoms with van der Waals surface area (Å²) in [4.78, 5) is 70.5. The number of benzene rings is 3. The number of anilines is 3. The smallest absolute Gasteiger partial charge is 0.416 e. The molecule has 0 aromatic heterocycles. The lowest BCUT2D eigenvalue weighted by Gasteiger charge is -2.38. The number of ether oxygens (including phenoxy) is 3. The highest BCUT2D eigenvalue weighted by Gasteiger charge is 2.50. The number of ketones is 1. The van der Waals surface area contributed by atoms with Gasteiger partial charge in [0.25, 0.3) is 11.7 Å². The molecule has 9 N–H and O–H groups in total. The Kier molecular flexibility index (Phi) is 17.1. The molecule has 9 rings (SSSR count). The molecule has 2 fully saturated rings. The van der Waals surface area contributed by atoms with E-state index in [4.69, 9.17) is 35.8 Å². The van der Waals surface area contributed by atoms with Gasteiger partial charge in [-0.2, -0.15) is 13.2 Å². The minimum atomic E-state index is -4.59. The zero-order valence-electron chi connectivity index (χ0n) is 46.8. The van der Waals surface area contributed by atoms with Crippen molar-refractivity contribution in [1.82, 2.24) is 9.80 Å². The molecule has 0 aliphatic carbocycles. The summed E-state index contributed by atoms with van der Waals surface area (Å²) < 4.78 is 58.4. The second-order valence-corrected chi connectivity index (χ2v) is 23.0. The molecule has 1 spiro atoms. The van der Waals surface area contributed by atoms with Crippen LogP contribution in [0, 0.1) is 36.5 Å². The van der Waals surface area contributed by atoms with Crippen LogP contribution in [0.4, 0.5) is 30.2 Å². The van der Waals surface area contributed by atoms with Crippen molar-refractivity contribution in [2.24, 2.45) is 45.4 Å². The SMILES string of the molecule is C/C1=C/C=C/[C@H](C)[C@H](O)[C@@H](C)C(O)[C@@H](C)C(OC(=O)CC(=O)N2CCC(N(N)c3ccc(C(F)(F)F)cc3N)CC2)[C@H](C)C/C=C/OC2(C)Oc3c(C)c(O)c4c(O)c(c5c(c4c3C2=O)=NC2(CCN(CC(C)C)CC2)N=5)NC1=O. The van der Waals surface area contributed by atoms with Crippen LogP contribution in [0.3, 0.4) is 0 Å². The van der Waals surface area contributed by atoms with Gasteiger partial charge in [-0.1, -0.05) is 59.8 Å². The first kappa shape index (κ1) is 59.4. The van der Waals surface area contributed by atoms with E-state index in [1.807, 2.05) is 0 Å². The molecule has 8 atom stereocenters. The number of phenols is 2. The minimum absolute atomic E-state index is 0.00302. The third-order valence-corrected chi connectivity index (χ3v) is 16.6. The lowest BCUT2D eigenvalue weighted by atomic mass is 9.79. The predicted octanol–water partition coefficient (Wildman–Crippen LogP) is 6.47. The van der Waals surface area contributed by atoms with E-state index in [2.05, 4.69) is 24.1 Å². The monoisotopic (exact) mass is 1120 g/mol.